The standard InChI is InChI=1S/C19H28N6O3/c1-5-16-15(11-21-25(16)19(2,3)4)18(27)22-14-10-20-24(12-14)13-17(26)23-6-8-28-9-7-23/h10-12H,5-9,13H2,1-4H3,(H,22,27). The van der Waals surface area contributed by atoms with E-state index < -0.39 is 0 Å². The van der Waals surface area contributed by atoms with Crippen LogP contribution < -0.4 is 5.32 Å². The second-order valence-corrected chi connectivity index (χ2v) is 7.81. The summed E-state index contributed by atoms with van der Waals surface area (Å²) in [4.78, 5) is 26.8. The molecule has 152 valence electrons. The summed E-state index contributed by atoms with van der Waals surface area (Å²) in [6, 6.07) is 0. The van der Waals surface area contributed by atoms with E-state index in [9.17, 15) is 9.59 Å². The Balaban J connectivity index is 1.66. The number of ether oxygens (including phenoxy) is 1. The van der Waals surface area contributed by atoms with E-state index in [0.29, 0.717) is 44.0 Å². The third-order valence-corrected chi connectivity index (χ3v) is 4.64. The summed E-state index contributed by atoms with van der Waals surface area (Å²) in [6.45, 7) is 10.6. The molecule has 0 atom stereocenters. The number of nitrogens with zero attached hydrogens (tertiary/aromatic N) is 5. The Bertz CT molecular complexity index is 842. The fraction of sp³-hybridized carbons (Fsp3) is 0.579. The van der Waals surface area contributed by atoms with Gasteiger partial charge < -0.3 is 15.0 Å². The molecule has 28 heavy (non-hydrogen) atoms. The van der Waals surface area contributed by atoms with Gasteiger partial charge >= 0.3 is 0 Å². The molecule has 1 aliphatic rings. The molecule has 3 heterocycles. The Morgan fingerprint density at radius 2 is 1.89 bits per heavy atom. The molecule has 1 N–H and O–H groups in total. The monoisotopic (exact) mass is 388 g/mol. The first-order chi connectivity index (χ1) is 13.3. The van der Waals surface area contributed by atoms with Crippen LogP contribution in [0.4, 0.5) is 5.69 Å². The van der Waals surface area contributed by atoms with Crippen LogP contribution in [0.5, 0.6) is 0 Å². The van der Waals surface area contributed by atoms with Crippen LogP contribution in [0.15, 0.2) is 18.6 Å². The first-order valence-electron chi connectivity index (χ1n) is 9.56. The van der Waals surface area contributed by atoms with Crippen LogP contribution in [0, 0.1) is 0 Å². The lowest BCUT2D eigenvalue weighted by Crippen LogP contribution is -2.42. The number of anilines is 1. The summed E-state index contributed by atoms with van der Waals surface area (Å²) in [6.07, 6.45) is 5.51. The third-order valence-electron chi connectivity index (χ3n) is 4.64. The van der Waals surface area contributed by atoms with Gasteiger partial charge in [-0.05, 0) is 27.2 Å². The van der Waals surface area contributed by atoms with Crippen LogP contribution in [-0.4, -0.2) is 62.6 Å². The van der Waals surface area contributed by atoms with Gasteiger partial charge in [-0.15, -0.1) is 0 Å². The lowest BCUT2D eigenvalue weighted by molar-refractivity contribution is -0.136. The number of amides is 2. The Hall–Kier alpha value is -2.68. The molecule has 2 amide bonds. The molecule has 0 spiro atoms. The molecule has 2 aromatic rings. The van der Waals surface area contributed by atoms with Crippen molar-refractivity contribution in [3.63, 3.8) is 0 Å². The highest BCUT2D eigenvalue weighted by Crippen LogP contribution is 2.20. The van der Waals surface area contributed by atoms with E-state index >= 15 is 0 Å². The minimum absolute atomic E-state index is 0.0102. The molecule has 3 rings (SSSR count). The van der Waals surface area contributed by atoms with Crippen LogP contribution in [-0.2, 0) is 28.0 Å². The number of carbonyl (C=O) groups is 2. The minimum Gasteiger partial charge on any atom is -0.378 e. The molecule has 0 bridgehead atoms. The number of morpholine rings is 1. The molecule has 1 fully saturated rings. The predicted molar refractivity (Wildman–Crippen MR) is 104 cm³/mol. The maximum absolute atomic E-state index is 12.7. The maximum atomic E-state index is 12.7. The van der Waals surface area contributed by atoms with Gasteiger partial charge in [0, 0.05) is 19.3 Å². The van der Waals surface area contributed by atoms with E-state index in [1.54, 1.807) is 23.5 Å². The van der Waals surface area contributed by atoms with Crippen molar-refractivity contribution in [2.24, 2.45) is 0 Å². The van der Waals surface area contributed by atoms with Crippen LogP contribution in [0.3, 0.4) is 0 Å². The second-order valence-electron chi connectivity index (χ2n) is 7.81. The predicted octanol–water partition coefficient (Wildman–Crippen LogP) is 1.51. The van der Waals surface area contributed by atoms with E-state index in [2.05, 4.69) is 36.3 Å². The highest BCUT2D eigenvalue weighted by atomic mass is 16.5. The number of nitrogens with one attached hydrogen (secondary N) is 1. The Kier molecular flexibility index (Phi) is 5.83. The molecule has 1 saturated heterocycles. The maximum Gasteiger partial charge on any atom is 0.259 e. The van der Waals surface area contributed by atoms with Crippen LogP contribution in [0.25, 0.3) is 0 Å². The highest BCUT2D eigenvalue weighted by Gasteiger charge is 2.23. The van der Waals surface area contributed by atoms with Gasteiger partial charge in [-0.3, -0.25) is 19.0 Å². The summed E-state index contributed by atoms with van der Waals surface area (Å²) in [5, 5.41) is 11.4. The van der Waals surface area contributed by atoms with Crippen LogP contribution >= 0.6 is 0 Å². The van der Waals surface area contributed by atoms with Crippen molar-refractivity contribution < 1.29 is 14.3 Å². The van der Waals surface area contributed by atoms with Gasteiger partial charge in [-0.1, -0.05) is 6.92 Å². The van der Waals surface area contributed by atoms with Crippen molar-refractivity contribution in [1.29, 1.82) is 0 Å². The minimum atomic E-state index is -0.230. The summed E-state index contributed by atoms with van der Waals surface area (Å²) in [5.74, 6) is -0.240. The average molecular weight is 388 g/mol. The number of hydrogen-bond acceptors (Lipinski definition) is 5. The van der Waals surface area contributed by atoms with Crippen molar-refractivity contribution in [2.45, 2.75) is 46.2 Å². The van der Waals surface area contributed by atoms with Gasteiger partial charge in [0.05, 0.1) is 48.1 Å². The van der Waals surface area contributed by atoms with Crippen molar-refractivity contribution in [3.05, 3.63) is 29.8 Å². The van der Waals surface area contributed by atoms with Gasteiger partial charge in [0.2, 0.25) is 5.91 Å². The Morgan fingerprint density at radius 1 is 1.18 bits per heavy atom. The zero-order chi connectivity index (χ0) is 20.3. The third kappa shape index (κ3) is 4.41. The van der Waals surface area contributed by atoms with Crippen molar-refractivity contribution in [3.8, 4) is 0 Å². The summed E-state index contributed by atoms with van der Waals surface area (Å²) < 4.78 is 8.68. The first-order valence-corrected chi connectivity index (χ1v) is 9.56. The smallest absolute Gasteiger partial charge is 0.259 e. The molecule has 0 aliphatic carbocycles. The molecule has 9 nitrogen and oxygen atoms in total. The SMILES string of the molecule is CCc1c(C(=O)Nc2cnn(CC(=O)N3CCOCC3)c2)cnn1C(C)(C)C. The van der Waals surface area contributed by atoms with Gasteiger partial charge in [-0.2, -0.15) is 10.2 Å². The molecule has 1 aliphatic heterocycles. The Morgan fingerprint density at radius 3 is 2.54 bits per heavy atom. The largest absolute Gasteiger partial charge is 0.378 e. The van der Waals surface area contributed by atoms with Gasteiger partial charge in [0.15, 0.2) is 0 Å². The fourth-order valence-corrected chi connectivity index (χ4v) is 3.25. The zero-order valence-electron chi connectivity index (χ0n) is 16.9. The van der Waals surface area contributed by atoms with E-state index in [-0.39, 0.29) is 23.9 Å². The van der Waals surface area contributed by atoms with E-state index in [1.807, 2.05) is 11.6 Å². The molecule has 0 unspecified atom stereocenters. The van der Waals surface area contributed by atoms with Crippen molar-refractivity contribution in [2.75, 3.05) is 31.6 Å². The number of hydrogen-bond donors (Lipinski definition) is 1. The summed E-state index contributed by atoms with van der Waals surface area (Å²) in [5.41, 5.74) is 1.79. The normalized spacial score (nSPS) is 14.9. The van der Waals surface area contributed by atoms with E-state index in [4.69, 9.17) is 4.74 Å². The zero-order valence-corrected chi connectivity index (χ0v) is 16.9. The molecule has 2 aromatic heterocycles. The van der Waals surface area contributed by atoms with Gasteiger partial charge in [-0.25, -0.2) is 0 Å². The molecule has 0 radical (unpaired) electrons. The van der Waals surface area contributed by atoms with E-state index in [1.165, 1.54) is 4.68 Å². The summed E-state index contributed by atoms with van der Waals surface area (Å²) >= 11 is 0. The fourth-order valence-electron chi connectivity index (χ4n) is 3.25. The lowest BCUT2D eigenvalue weighted by atomic mass is 10.1. The van der Waals surface area contributed by atoms with Crippen molar-refractivity contribution in [1.82, 2.24) is 24.5 Å². The van der Waals surface area contributed by atoms with Crippen LogP contribution in [0.2, 0.25) is 0 Å². The van der Waals surface area contributed by atoms with Gasteiger partial charge in [0.25, 0.3) is 5.91 Å². The number of carbonyl (C=O) groups excluding carboxylic acids is 2. The molecular formula is C19H28N6O3. The van der Waals surface area contributed by atoms with Gasteiger partial charge in [0.1, 0.15) is 6.54 Å². The highest BCUT2D eigenvalue weighted by molar-refractivity contribution is 6.04. The number of aromatic nitrogens is 4. The number of rotatable bonds is 5. The van der Waals surface area contributed by atoms with Crippen molar-refractivity contribution >= 4 is 17.5 Å². The molecule has 0 saturated carbocycles. The quantitative estimate of drug-likeness (QED) is 0.838. The molecule has 0 aromatic carbocycles. The Labute approximate surface area is 164 Å². The second kappa shape index (κ2) is 8.14. The topological polar surface area (TPSA) is 94.3 Å². The summed E-state index contributed by atoms with van der Waals surface area (Å²) in [7, 11) is 0. The molecular weight excluding hydrogens is 360 g/mol. The lowest BCUT2D eigenvalue weighted by Gasteiger charge is -2.26. The first kappa shape index (κ1) is 20.1. The average Bonchev–Trinajstić information content (AvgIpc) is 3.28. The van der Waals surface area contributed by atoms with E-state index in [0.717, 1.165) is 5.69 Å². The molecule has 9 heteroatoms. The van der Waals surface area contributed by atoms with Crippen LogP contribution in [0.1, 0.15) is 43.7 Å².